The molecule has 0 bridgehead atoms. The van der Waals surface area contributed by atoms with E-state index in [9.17, 15) is 0 Å². The second-order valence-electron chi connectivity index (χ2n) is 16.0. The average Bonchev–Trinajstić information content (AvgIpc) is 3.86. The number of furan rings is 1. The van der Waals surface area contributed by atoms with Crippen molar-refractivity contribution in [2.75, 3.05) is 4.90 Å². The van der Waals surface area contributed by atoms with Gasteiger partial charge in [0.15, 0.2) is 0 Å². The van der Waals surface area contributed by atoms with Gasteiger partial charge in [-0.25, -0.2) is 0 Å². The summed E-state index contributed by atoms with van der Waals surface area (Å²) in [6.07, 6.45) is 0. The molecule has 0 radical (unpaired) electrons. The Balaban J connectivity index is 1.14. The van der Waals surface area contributed by atoms with Crippen LogP contribution in [-0.2, 0) is 0 Å². The van der Waals surface area contributed by atoms with Crippen molar-refractivity contribution in [2.45, 2.75) is 0 Å². The van der Waals surface area contributed by atoms with Crippen LogP contribution in [0.3, 0.4) is 0 Å². The van der Waals surface area contributed by atoms with Crippen molar-refractivity contribution < 1.29 is 4.42 Å². The van der Waals surface area contributed by atoms with Crippen LogP contribution in [0.25, 0.3) is 104 Å². The second-order valence-corrected chi connectivity index (χ2v) is 16.0. The first-order valence-electron chi connectivity index (χ1n) is 20.9. The van der Waals surface area contributed by atoms with Gasteiger partial charge in [-0.05, 0) is 103 Å². The van der Waals surface area contributed by atoms with Gasteiger partial charge in [-0.1, -0.05) is 158 Å². The molecule has 3 nitrogen and oxygen atoms in total. The highest BCUT2D eigenvalue weighted by molar-refractivity contribution is 6.28. The Morgan fingerprint density at radius 3 is 1.64 bits per heavy atom. The molecular formula is C58H36N2O. The van der Waals surface area contributed by atoms with E-state index in [2.05, 4.69) is 228 Å². The van der Waals surface area contributed by atoms with Gasteiger partial charge in [-0.15, -0.1) is 0 Å². The van der Waals surface area contributed by atoms with Crippen molar-refractivity contribution in [3.8, 4) is 16.8 Å². The molecule has 0 saturated heterocycles. The molecule has 0 amide bonds. The first kappa shape index (κ1) is 33.8. The minimum Gasteiger partial charge on any atom is -0.456 e. The fourth-order valence-electron chi connectivity index (χ4n) is 10.1. The molecule has 0 N–H and O–H groups in total. The third kappa shape index (κ3) is 5.11. The van der Waals surface area contributed by atoms with E-state index < -0.39 is 0 Å². The summed E-state index contributed by atoms with van der Waals surface area (Å²) in [7, 11) is 0. The summed E-state index contributed by atoms with van der Waals surface area (Å²) in [5, 5.41) is 14.6. The van der Waals surface area contributed by atoms with Gasteiger partial charge in [0.25, 0.3) is 0 Å². The second kappa shape index (κ2) is 13.2. The van der Waals surface area contributed by atoms with E-state index in [4.69, 9.17) is 4.42 Å². The van der Waals surface area contributed by atoms with Crippen molar-refractivity contribution in [2.24, 2.45) is 0 Å². The molecule has 2 heterocycles. The van der Waals surface area contributed by atoms with Gasteiger partial charge in [0.2, 0.25) is 0 Å². The minimum absolute atomic E-state index is 0.874. The van der Waals surface area contributed by atoms with Crippen LogP contribution in [0.1, 0.15) is 0 Å². The number of aromatic nitrogens is 1. The van der Waals surface area contributed by atoms with Crippen molar-refractivity contribution in [3.63, 3.8) is 0 Å². The Bertz CT molecular complexity index is 3840. The normalized spacial score (nSPS) is 11.9. The van der Waals surface area contributed by atoms with Gasteiger partial charge >= 0.3 is 0 Å². The number of hydrogen-bond donors (Lipinski definition) is 0. The molecule has 0 spiro atoms. The SMILES string of the molecule is c1ccc(-c2c3c(cc4c2c2ccc(N(c5ccccc5)c5ccc6c7ccccc7c7ccccc7c6c5)cc2n4-c2ccc4ccccc4c2)oc2ccccc23)cc1. The molecule has 13 rings (SSSR count). The first-order chi connectivity index (χ1) is 30.3. The van der Waals surface area contributed by atoms with E-state index >= 15 is 0 Å². The molecule has 0 unspecified atom stereocenters. The summed E-state index contributed by atoms with van der Waals surface area (Å²) in [4.78, 5) is 2.41. The molecule has 2 aromatic heterocycles. The lowest BCUT2D eigenvalue weighted by molar-refractivity contribution is 0.669. The molecular weight excluding hydrogens is 741 g/mol. The summed E-state index contributed by atoms with van der Waals surface area (Å²) in [5.74, 6) is 0. The van der Waals surface area contributed by atoms with E-state index in [1.165, 1.54) is 59.4 Å². The molecule has 3 heteroatoms. The molecule has 0 saturated carbocycles. The van der Waals surface area contributed by atoms with Crippen LogP contribution in [0.15, 0.2) is 223 Å². The van der Waals surface area contributed by atoms with Gasteiger partial charge in [-0.2, -0.15) is 0 Å². The highest BCUT2D eigenvalue weighted by Gasteiger charge is 2.24. The van der Waals surface area contributed by atoms with Crippen LogP contribution in [0.5, 0.6) is 0 Å². The maximum Gasteiger partial charge on any atom is 0.138 e. The molecule has 0 aliphatic carbocycles. The molecule has 61 heavy (non-hydrogen) atoms. The van der Waals surface area contributed by atoms with Crippen LogP contribution in [0.4, 0.5) is 17.1 Å². The lowest BCUT2D eigenvalue weighted by atomic mass is 9.93. The van der Waals surface area contributed by atoms with Gasteiger partial charge < -0.3 is 13.9 Å². The third-order valence-electron chi connectivity index (χ3n) is 12.7. The lowest BCUT2D eigenvalue weighted by Gasteiger charge is -2.26. The largest absolute Gasteiger partial charge is 0.456 e. The summed E-state index contributed by atoms with van der Waals surface area (Å²) in [6, 6.07) is 79.3. The summed E-state index contributed by atoms with van der Waals surface area (Å²) in [5.41, 5.74) is 10.7. The Labute approximate surface area is 351 Å². The maximum absolute atomic E-state index is 6.73. The Morgan fingerprint density at radius 2 is 0.902 bits per heavy atom. The zero-order valence-corrected chi connectivity index (χ0v) is 33.1. The third-order valence-corrected chi connectivity index (χ3v) is 12.7. The number of nitrogens with zero attached hydrogens (tertiary/aromatic N) is 2. The zero-order valence-electron chi connectivity index (χ0n) is 33.1. The number of fused-ring (bicyclic) bond motifs is 13. The first-order valence-corrected chi connectivity index (χ1v) is 20.9. The minimum atomic E-state index is 0.874. The van der Waals surface area contributed by atoms with Crippen LogP contribution >= 0.6 is 0 Å². The Hall–Kier alpha value is -8.14. The predicted molar refractivity (Wildman–Crippen MR) is 258 cm³/mol. The Kier molecular flexibility index (Phi) is 7.31. The number of para-hydroxylation sites is 2. The number of benzene rings is 11. The molecule has 13 aromatic rings. The molecule has 0 aliphatic rings. The Morgan fingerprint density at radius 1 is 0.328 bits per heavy atom. The zero-order chi connectivity index (χ0) is 40.0. The smallest absolute Gasteiger partial charge is 0.138 e. The molecule has 284 valence electrons. The van der Waals surface area contributed by atoms with Gasteiger partial charge in [0.1, 0.15) is 11.2 Å². The van der Waals surface area contributed by atoms with Crippen LogP contribution in [-0.4, -0.2) is 4.57 Å². The predicted octanol–water partition coefficient (Wildman–Crippen LogP) is 16.4. The van der Waals surface area contributed by atoms with Crippen molar-refractivity contribution in [3.05, 3.63) is 218 Å². The van der Waals surface area contributed by atoms with Crippen molar-refractivity contribution >= 4 is 104 Å². The van der Waals surface area contributed by atoms with Gasteiger partial charge in [-0.3, -0.25) is 0 Å². The monoisotopic (exact) mass is 776 g/mol. The van der Waals surface area contributed by atoms with E-state index in [1.807, 2.05) is 0 Å². The van der Waals surface area contributed by atoms with E-state index in [-0.39, 0.29) is 0 Å². The summed E-state index contributed by atoms with van der Waals surface area (Å²) < 4.78 is 9.18. The van der Waals surface area contributed by atoms with Crippen molar-refractivity contribution in [1.29, 1.82) is 0 Å². The molecule has 0 aliphatic heterocycles. The highest BCUT2D eigenvalue weighted by atomic mass is 16.3. The molecule has 0 atom stereocenters. The van der Waals surface area contributed by atoms with Gasteiger partial charge in [0.05, 0.1) is 11.0 Å². The average molecular weight is 777 g/mol. The quantitative estimate of drug-likeness (QED) is 0.162. The van der Waals surface area contributed by atoms with Crippen LogP contribution < -0.4 is 4.90 Å². The van der Waals surface area contributed by atoms with Gasteiger partial charge in [0, 0.05) is 55.9 Å². The highest BCUT2D eigenvalue weighted by Crippen LogP contribution is 2.48. The summed E-state index contributed by atoms with van der Waals surface area (Å²) in [6.45, 7) is 0. The van der Waals surface area contributed by atoms with E-state index in [0.29, 0.717) is 0 Å². The van der Waals surface area contributed by atoms with Crippen LogP contribution in [0, 0.1) is 0 Å². The lowest BCUT2D eigenvalue weighted by Crippen LogP contribution is -2.10. The number of hydrogen-bond acceptors (Lipinski definition) is 2. The van der Waals surface area contributed by atoms with E-state index in [0.717, 1.165) is 61.3 Å². The molecule has 0 fully saturated rings. The standard InChI is InChI=1S/C58H36N2O/c1-3-16-38(17-4-1)56-57-49-32-30-43(59(40-19-5-2-6-20-40)42-29-31-48-46-23-10-9-21-44(46)45-22-11-12-24-47(45)51(48)34-42)35-52(49)60(41-28-27-37-15-7-8-18-39(37)33-41)53(57)36-55-58(56)50-25-13-14-26-54(50)61-55/h1-36H. The topological polar surface area (TPSA) is 21.3 Å². The fraction of sp³-hybridized carbons (Fsp3) is 0. The van der Waals surface area contributed by atoms with Crippen LogP contribution in [0.2, 0.25) is 0 Å². The maximum atomic E-state index is 6.73. The van der Waals surface area contributed by atoms with Crippen molar-refractivity contribution in [1.82, 2.24) is 4.57 Å². The molecule has 11 aromatic carbocycles. The number of rotatable bonds is 5. The van der Waals surface area contributed by atoms with E-state index in [1.54, 1.807) is 0 Å². The fourth-order valence-corrected chi connectivity index (χ4v) is 10.1. The number of anilines is 3. The summed E-state index contributed by atoms with van der Waals surface area (Å²) >= 11 is 0.